The first-order valence-electron chi connectivity index (χ1n) is 8.72. The van der Waals surface area contributed by atoms with Crippen molar-refractivity contribution >= 4 is 46.4 Å². The van der Waals surface area contributed by atoms with Crippen LogP contribution in [0.1, 0.15) is 35.7 Å². The fourth-order valence-electron chi connectivity index (χ4n) is 2.38. The highest BCUT2D eigenvalue weighted by molar-refractivity contribution is 7.80. The van der Waals surface area contributed by atoms with Crippen LogP contribution >= 0.6 is 23.8 Å². The van der Waals surface area contributed by atoms with Crippen LogP contribution in [0, 0.1) is 0 Å². The summed E-state index contributed by atoms with van der Waals surface area (Å²) in [5, 5.41) is 9.18. The lowest BCUT2D eigenvalue weighted by atomic mass is 10.1. The quantitative estimate of drug-likeness (QED) is 0.484. The van der Waals surface area contributed by atoms with Gasteiger partial charge in [0.2, 0.25) is 5.91 Å². The standard InChI is InChI=1S/C20H22ClN3O2S/c1-2-3-12-22-19(26)16-6-4-5-7-17(16)23-20(27)24-18(25)13-14-8-10-15(21)11-9-14/h4-11H,2-3,12-13H2,1H3,(H,22,26)(H2,23,24,25,27). The largest absolute Gasteiger partial charge is 0.352 e. The van der Waals surface area contributed by atoms with Gasteiger partial charge in [-0.15, -0.1) is 0 Å². The molecule has 5 nitrogen and oxygen atoms in total. The fourth-order valence-corrected chi connectivity index (χ4v) is 2.73. The van der Waals surface area contributed by atoms with Crippen LogP contribution in [-0.2, 0) is 11.2 Å². The second-order valence-electron chi connectivity index (χ2n) is 5.96. The van der Waals surface area contributed by atoms with Gasteiger partial charge in [0.15, 0.2) is 5.11 Å². The fraction of sp³-hybridized carbons (Fsp3) is 0.250. The minimum absolute atomic E-state index is 0.141. The Morgan fingerprint density at radius 2 is 1.78 bits per heavy atom. The molecule has 142 valence electrons. The van der Waals surface area contributed by atoms with Gasteiger partial charge in [-0.1, -0.05) is 49.2 Å². The molecule has 2 amide bonds. The maximum absolute atomic E-state index is 12.3. The highest BCUT2D eigenvalue weighted by Gasteiger charge is 2.12. The zero-order chi connectivity index (χ0) is 19.6. The Labute approximate surface area is 169 Å². The van der Waals surface area contributed by atoms with E-state index >= 15 is 0 Å². The molecule has 27 heavy (non-hydrogen) atoms. The molecular formula is C20H22ClN3O2S. The maximum atomic E-state index is 12.3. The van der Waals surface area contributed by atoms with E-state index in [0.29, 0.717) is 22.8 Å². The first-order chi connectivity index (χ1) is 13.0. The van der Waals surface area contributed by atoms with Gasteiger partial charge in [0.1, 0.15) is 0 Å². The molecule has 0 aliphatic heterocycles. The van der Waals surface area contributed by atoms with Crippen molar-refractivity contribution in [2.75, 3.05) is 11.9 Å². The SMILES string of the molecule is CCCCNC(=O)c1ccccc1NC(=S)NC(=O)Cc1ccc(Cl)cc1. The Hall–Kier alpha value is -2.44. The Morgan fingerprint density at radius 1 is 1.07 bits per heavy atom. The summed E-state index contributed by atoms with van der Waals surface area (Å²) in [7, 11) is 0. The zero-order valence-corrected chi connectivity index (χ0v) is 16.6. The van der Waals surface area contributed by atoms with Crippen LogP contribution in [0.5, 0.6) is 0 Å². The topological polar surface area (TPSA) is 70.2 Å². The molecule has 0 fully saturated rings. The molecule has 7 heteroatoms. The summed E-state index contributed by atoms with van der Waals surface area (Å²) >= 11 is 11.0. The molecule has 0 bridgehead atoms. The molecule has 2 aromatic carbocycles. The van der Waals surface area contributed by atoms with Crippen molar-refractivity contribution in [2.24, 2.45) is 0 Å². The van der Waals surface area contributed by atoms with Crippen molar-refractivity contribution < 1.29 is 9.59 Å². The number of carbonyl (C=O) groups is 2. The summed E-state index contributed by atoms with van der Waals surface area (Å²) in [6, 6.07) is 14.1. The summed E-state index contributed by atoms with van der Waals surface area (Å²) in [4.78, 5) is 24.5. The van der Waals surface area contributed by atoms with Gasteiger partial charge in [0.05, 0.1) is 17.7 Å². The van der Waals surface area contributed by atoms with Gasteiger partial charge in [-0.05, 0) is 48.5 Å². The van der Waals surface area contributed by atoms with E-state index in [0.717, 1.165) is 18.4 Å². The number of hydrogen-bond donors (Lipinski definition) is 3. The van der Waals surface area contributed by atoms with E-state index in [4.69, 9.17) is 23.8 Å². The predicted molar refractivity (Wildman–Crippen MR) is 113 cm³/mol. The van der Waals surface area contributed by atoms with Crippen LogP contribution in [0.2, 0.25) is 5.02 Å². The van der Waals surface area contributed by atoms with Gasteiger partial charge >= 0.3 is 0 Å². The van der Waals surface area contributed by atoms with Gasteiger partial charge in [-0.2, -0.15) is 0 Å². The number of halogens is 1. The maximum Gasteiger partial charge on any atom is 0.253 e. The minimum atomic E-state index is -0.250. The van der Waals surface area contributed by atoms with Gasteiger partial charge in [-0.3, -0.25) is 9.59 Å². The van der Waals surface area contributed by atoms with Crippen LogP contribution in [0.4, 0.5) is 5.69 Å². The Morgan fingerprint density at radius 3 is 2.48 bits per heavy atom. The third kappa shape index (κ3) is 7.00. The lowest BCUT2D eigenvalue weighted by molar-refractivity contribution is -0.119. The van der Waals surface area contributed by atoms with Gasteiger partial charge < -0.3 is 16.0 Å². The van der Waals surface area contributed by atoms with Crippen molar-refractivity contribution in [3.63, 3.8) is 0 Å². The third-order valence-electron chi connectivity index (χ3n) is 3.77. The monoisotopic (exact) mass is 403 g/mol. The average molecular weight is 404 g/mol. The Balaban J connectivity index is 1.94. The highest BCUT2D eigenvalue weighted by Crippen LogP contribution is 2.15. The summed E-state index contributed by atoms with van der Waals surface area (Å²) in [6.07, 6.45) is 2.10. The molecule has 0 atom stereocenters. The molecular weight excluding hydrogens is 382 g/mol. The van der Waals surface area contributed by atoms with Crippen molar-refractivity contribution in [3.8, 4) is 0 Å². The third-order valence-corrected chi connectivity index (χ3v) is 4.22. The van der Waals surface area contributed by atoms with E-state index in [9.17, 15) is 9.59 Å². The van der Waals surface area contributed by atoms with Gasteiger partial charge in [0.25, 0.3) is 5.91 Å². The molecule has 0 spiro atoms. The van der Waals surface area contributed by atoms with E-state index in [-0.39, 0.29) is 23.3 Å². The van der Waals surface area contributed by atoms with E-state index in [1.807, 2.05) is 0 Å². The summed E-state index contributed by atoms with van der Waals surface area (Å²) in [6.45, 7) is 2.68. The number of anilines is 1. The average Bonchev–Trinajstić information content (AvgIpc) is 2.64. The molecule has 0 aliphatic carbocycles. The molecule has 3 N–H and O–H groups in total. The molecule has 2 rings (SSSR count). The Kier molecular flexibility index (Phi) is 8.23. The zero-order valence-electron chi connectivity index (χ0n) is 15.0. The summed E-state index contributed by atoms with van der Waals surface area (Å²) < 4.78 is 0. The number of para-hydroxylation sites is 1. The van der Waals surface area contributed by atoms with Crippen LogP contribution in [0.25, 0.3) is 0 Å². The van der Waals surface area contributed by atoms with Crippen molar-refractivity contribution in [1.29, 1.82) is 0 Å². The number of rotatable bonds is 7. The number of nitrogens with one attached hydrogen (secondary N) is 3. The molecule has 0 aromatic heterocycles. The lowest BCUT2D eigenvalue weighted by Gasteiger charge is -2.13. The molecule has 0 heterocycles. The summed E-state index contributed by atoms with van der Waals surface area (Å²) in [5.74, 6) is -0.429. The van der Waals surface area contributed by atoms with Crippen LogP contribution in [-0.4, -0.2) is 23.5 Å². The van der Waals surface area contributed by atoms with Crippen molar-refractivity contribution in [2.45, 2.75) is 26.2 Å². The number of carbonyl (C=O) groups excluding carboxylic acids is 2. The molecule has 0 unspecified atom stereocenters. The number of unbranched alkanes of at least 4 members (excludes halogenated alkanes) is 1. The predicted octanol–water partition coefficient (Wildman–Crippen LogP) is 3.93. The van der Waals surface area contributed by atoms with Crippen LogP contribution in [0.3, 0.4) is 0 Å². The first-order valence-corrected chi connectivity index (χ1v) is 9.50. The first kappa shape index (κ1) is 20.9. The second kappa shape index (κ2) is 10.6. The van der Waals surface area contributed by atoms with E-state index in [1.54, 1.807) is 48.5 Å². The molecule has 0 radical (unpaired) electrons. The number of benzene rings is 2. The van der Waals surface area contributed by atoms with E-state index in [1.165, 1.54) is 0 Å². The lowest BCUT2D eigenvalue weighted by Crippen LogP contribution is -2.36. The Bertz CT molecular complexity index is 809. The number of thiocarbonyl (C=S) groups is 1. The molecule has 0 saturated heterocycles. The molecule has 0 aliphatic rings. The van der Waals surface area contributed by atoms with Crippen molar-refractivity contribution in [1.82, 2.24) is 10.6 Å². The minimum Gasteiger partial charge on any atom is -0.352 e. The van der Waals surface area contributed by atoms with E-state index < -0.39 is 0 Å². The summed E-state index contributed by atoms with van der Waals surface area (Å²) in [5.41, 5.74) is 1.85. The van der Waals surface area contributed by atoms with Crippen LogP contribution < -0.4 is 16.0 Å². The normalized spacial score (nSPS) is 10.1. The molecule has 2 aromatic rings. The van der Waals surface area contributed by atoms with Gasteiger partial charge in [0, 0.05) is 11.6 Å². The smallest absolute Gasteiger partial charge is 0.253 e. The van der Waals surface area contributed by atoms with Crippen LogP contribution in [0.15, 0.2) is 48.5 Å². The molecule has 0 saturated carbocycles. The number of hydrogen-bond acceptors (Lipinski definition) is 3. The number of amides is 2. The van der Waals surface area contributed by atoms with Gasteiger partial charge in [-0.25, -0.2) is 0 Å². The van der Waals surface area contributed by atoms with E-state index in [2.05, 4.69) is 22.9 Å². The van der Waals surface area contributed by atoms with Crippen molar-refractivity contribution in [3.05, 3.63) is 64.7 Å². The second-order valence-corrected chi connectivity index (χ2v) is 6.81. The highest BCUT2D eigenvalue weighted by atomic mass is 35.5.